The number of aryl methyl sites for hydroxylation is 2. The van der Waals surface area contributed by atoms with E-state index in [2.05, 4.69) is 10.4 Å². The summed E-state index contributed by atoms with van der Waals surface area (Å²) in [7, 11) is 1.91. The van der Waals surface area contributed by atoms with Crippen molar-refractivity contribution in [2.24, 2.45) is 13.0 Å². The zero-order chi connectivity index (χ0) is 15.7. The Hall–Kier alpha value is -2.08. The lowest BCUT2D eigenvalue weighted by molar-refractivity contribution is -0.127. The molecule has 0 bridgehead atoms. The molecule has 3 heterocycles. The van der Waals surface area contributed by atoms with Crippen molar-refractivity contribution in [1.29, 1.82) is 0 Å². The van der Waals surface area contributed by atoms with Crippen LogP contribution in [-0.2, 0) is 23.1 Å². The predicted octanol–water partition coefficient (Wildman–Crippen LogP) is 2.02. The van der Waals surface area contributed by atoms with Gasteiger partial charge in [-0.25, -0.2) is 0 Å². The first-order valence-corrected chi connectivity index (χ1v) is 7.49. The highest BCUT2D eigenvalue weighted by Gasteiger charge is 2.38. The molecular weight excluding hydrogens is 282 g/mol. The summed E-state index contributed by atoms with van der Waals surface area (Å²) in [5.74, 6) is 0.565. The molecule has 0 unspecified atom stereocenters. The van der Waals surface area contributed by atoms with Crippen molar-refractivity contribution in [2.75, 3.05) is 6.61 Å². The number of furan rings is 1. The highest BCUT2D eigenvalue weighted by Crippen LogP contribution is 2.37. The highest BCUT2D eigenvalue weighted by atomic mass is 16.5. The van der Waals surface area contributed by atoms with E-state index in [1.54, 1.807) is 6.26 Å². The van der Waals surface area contributed by atoms with E-state index in [0.29, 0.717) is 13.2 Å². The largest absolute Gasteiger partial charge is 0.467 e. The summed E-state index contributed by atoms with van der Waals surface area (Å²) < 4.78 is 12.9. The van der Waals surface area contributed by atoms with Crippen LogP contribution >= 0.6 is 0 Å². The topological polar surface area (TPSA) is 69.3 Å². The maximum Gasteiger partial charge on any atom is 0.226 e. The molecule has 0 radical (unpaired) electrons. The zero-order valence-corrected chi connectivity index (χ0v) is 13.1. The molecule has 1 amide bonds. The number of ether oxygens (including phenoxy) is 1. The third kappa shape index (κ3) is 2.66. The Kier molecular flexibility index (Phi) is 4.02. The molecule has 1 fully saturated rings. The van der Waals surface area contributed by atoms with Crippen LogP contribution in [0.5, 0.6) is 0 Å². The summed E-state index contributed by atoms with van der Waals surface area (Å²) in [5, 5.41) is 7.36. The number of carbonyl (C=O) groups excluding carboxylic acids is 1. The van der Waals surface area contributed by atoms with Crippen LogP contribution in [0.25, 0.3) is 0 Å². The van der Waals surface area contributed by atoms with Crippen LogP contribution in [0.4, 0.5) is 0 Å². The molecule has 0 saturated carbocycles. The van der Waals surface area contributed by atoms with Crippen molar-refractivity contribution >= 4 is 5.91 Å². The molecule has 0 aliphatic carbocycles. The van der Waals surface area contributed by atoms with Crippen LogP contribution in [0.2, 0.25) is 0 Å². The van der Waals surface area contributed by atoms with Gasteiger partial charge in [0, 0.05) is 24.9 Å². The normalized spacial score (nSPS) is 21.2. The molecule has 6 nitrogen and oxygen atoms in total. The first-order chi connectivity index (χ1) is 10.6. The molecule has 2 aromatic rings. The first kappa shape index (κ1) is 14.8. The van der Waals surface area contributed by atoms with Crippen LogP contribution in [-0.4, -0.2) is 22.3 Å². The highest BCUT2D eigenvalue weighted by molar-refractivity contribution is 5.79. The molecule has 0 spiro atoms. The fourth-order valence-corrected chi connectivity index (χ4v) is 3.06. The van der Waals surface area contributed by atoms with E-state index in [4.69, 9.17) is 9.15 Å². The number of rotatable bonds is 4. The van der Waals surface area contributed by atoms with Gasteiger partial charge in [0.15, 0.2) is 0 Å². The summed E-state index contributed by atoms with van der Waals surface area (Å²) in [4.78, 5) is 12.5. The van der Waals surface area contributed by atoms with Crippen LogP contribution in [0, 0.1) is 19.8 Å². The van der Waals surface area contributed by atoms with E-state index in [1.165, 1.54) is 0 Å². The van der Waals surface area contributed by atoms with Crippen LogP contribution in [0.15, 0.2) is 22.8 Å². The van der Waals surface area contributed by atoms with Crippen molar-refractivity contribution in [3.63, 3.8) is 0 Å². The Labute approximate surface area is 129 Å². The van der Waals surface area contributed by atoms with Crippen molar-refractivity contribution in [3.05, 3.63) is 41.1 Å². The standard InChI is InChI=1S/C16H21N3O3/c1-10-14(11(2)19(3)18-10)15-13(6-8-22-15)16(20)17-9-12-5-4-7-21-12/h4-5,7,13,15H,6,8-9H2,1-3H3,(H,17,20)/t13-,15-/m0/s1. The fraction of sp³-hybridized carbons (Fsp3) is 0.500. The van der Waals surface area contributed by atoms with Gasteiger partial charge in [-0.1, -0.05) is 0 Å². The van der Waals surface area contributed by atoms with Crippen molar-refractivity contribution in [3.8, 4) is 0 Å². The number of hydrogen-bond donors (Lipinski definition) is 1. The second-order valence-electron chi connectivity index (χ2n) is 5.69. The maximum atomic E-state index is 12.5. The molecule has 2 atom stereocenters. The van der Waals surface area contributed by atoms with Gasteiger partial charge in [0.25, 0.3) is 0 Å². The Morgan fingerprint density at radius 2 is 2.32 bits per heavy atom. The summed E-state index contributed by atoms with van der Waals surface area (Å²) in [6, 6.07) is 3.66. The van der Waals surface area contributed by atoms with E-state index in [0.717, 1.165) is 29.1 Å². The number of amides is 1. The number of aromatic nitrogens is 2. The second kappa shape index (κ2) is 5.96. The first-order valence-electron chi connectivity index (χ1n) is 7.49. The summed E-state index contributed by atoms with van der Waals surface area (Å²) in [5.41, 5.74) is 3.02. The van der Waals surface area contributed by atoms with Crippen LogP contribution in [0.3, 0.4) is 0 Å². The molecule has 1 aliphatic heterocycles. The molecule has 1 saturated heterocycles. The summed E-state index contributed by atoms with van der Waals surface area (Å²) in [6.07, 6.45) is 2.11. The smallest absolute Gasteiger partial charge is 0.226 e. The van der Waals surface area contributed by atoms with Crippen LogP contribution < -0.4 is 5.32 Å². The molecular formula is C16H21N3O3. The lowest BCUT2D eigenvalue weighted by atomic mass is 9.93. The Morgan fingerprint density at radius 3 is 2.95 bits per heavy atom. The Morgan fingerprint density at radius 1 is 1.50 bits per heavy atom. The van der Waals surface area contributed by atoms with Gasteiger partial charge >= 0.3 is 0 Å². The molecule has 118 valence electrons. The molecule has 0 aromatic carbocycles. The number of hydrogen-bond acceptors (Lipinski definition) is 4. The van der Waals surface area contributed by atoms with Crippen LogP contribution in [0.1, 0.15) is 35.2 Å². The van der Waals surface area contributed by atoms with Gasteiger partial charge < -0.3 is 14.5 Å². The van der Waals surface area contributed by atoms with E-state index in [1.807, 2.05) is 37.7 Å². The number of carbonyl (C=O) groups is 1. The van der Waals surface area contributed by atoms with Gasteiger partial charge in [0.1, 0.15) is 5.76 Å². The second-order valence-corrected chi connectivity index (χ2v) is 5.69. The number of nitrogens with one attached hydrogen (secondary N) is 1. The fourth-order valence-electron chi connectivity index (χ4n) is 3.06. The monoisotopic (exact) mass is 303 g/mol. The SMILES string of the molecule is Cc1nn(C)c(C)c1[C@H]1OCC[C@@H]1C(=O)NCc1ccco1. The van der Waals surface area contributed by atoms with Crippen molar-refractivity contribution in [2.45, 2.75) is 32.9 Å². The minimum absolute atomic E-state index is 0.00144. The van der Waals surface area contributed by atoms with E-state index >= 15 is 0 Å². The molecule has 3 rings (SSSR count). The van der Waals surface area contributed by atoms with Gasteiger partial charge in [-0.2, -0.15) is 5.10 Å². The maximum absolute atomic E-state index is 12.5. The minimum atomic E-state index is -0.217. The lowest BCUT2D eigenvalue weighted by Crippen LogP contribution is -2.32. The Balaban J connectivity index is 1.73. The predicted molar refractivity (Wildman–Crippen MR) is 80.0 cm³/mol. The van der Waals surface area contributed by atoms with Gasteiger partial charge in [-0.3, -0.25) is 9.48 Å². The van der Waals surface area contributed by atoms with E-state index in [9.17, 15) is 4.79 Å². The lowest BCUT2D eigenvalue weighted by Gasteiger charge is -2.18. The Bertz CT molecular complexity index is 660. The summed E-state index contributed by atoms with van der Waals surface area (Å²) >= 11 is 0. The average Bonchev–Trinajstić information content (AvgIpc) is 3.19. The molecule has 1 aliphatic rings. The van der Waals surface area contributed by atoms with Crippen molar-refractivity contribution < 1.29 is 13.9 Å². The van der Waals surface area contributed by atoms with Gasteiger partial charge in [-0.05, 0) is 32.4 Å². The number of nitrogens with zero attached hydrogens (tertiary/aromatic N) is 2. The third-order valence-electron chi connectivity index (χ3n) is 4.29. The van der Waals surface area contributed by atoms with Gasteiger partial charge in [0.05, 0.1) is 30.5 Å². The molecule has 22 heavy (non-hydrogen) atoms. The quantitative estimate of drug-likeness (QED) is 0.938. The van der Waals surface area contributed by atoms with Gasteiger partial charge in [0.2, 0.25) is 5.91 Å². The summed E-state index contributed by atoms with van der Waals surface area (Å²) in [6.45, 7) is 4.97. The average molecular weight is 303 g/mol. The van der Waals surface area contributed by atoms with E-state index < -0.39 is 0 Å². The van der Waals surface area contributed by atoms with Crippen molar-refractivity contribution in [1.82, 2.24) is 15.1 Å². The zero-order valence-electron chi connectivity index (χ0n) is 13.1. The van der Waals surface area contributed by atoms with E-state index in [-0.39, 0.29) is 17.9 Å². The molecule has 2 aromatic heterocycles. The molecule has 1 N–H and O–H groups in total. The third-order valence-corrected chi connectivity index (χ3v) is 4.29. The minimum Gasteiger partial charge on any atom is -0.467 e. The van der Waals surface area contributed by atoms with Gasteiger partial charge in [-0.15, -0.1) is 0 Å². The molecule has 6 heteroatoms.